The minimum atomic E-state index is -1.76. The van der Waals surface area contributed by atoms with Crippen LogP contribution in [0.25, 0.3) is 0 Å². The van der Waals surface area contributed by atoms with Gasteiger partial charge in [-0.1, -0.05) is 37.8 Å². The lowest BCUT2D eigenvalue weighted by molar-refractivity contribution is -0.287. The van der Waals surface area contributed by atoms with Crippen molar-refractivity contribution < 1.29 is 54.8 Å². The Morgan fingerprint density at radius 1 is 1.00 bits per heavy atom. The molecule has 11 heteroatoms. The number of hydrogen-bond donors (Lipinski definition) is 7. The van der Waals surface area contributed by atoms with Crippen LogP contribution in [0.5, 0.6) is 0 Å². The lowest BCUT2D eigenvalue weighted by atomic mass is 9.93. The number of unbranched alkanes of at least 4 members (excludes halogenated alkanes) is 1. The molecule has 1 fully saturated rings. The van der Waals surface area contributed by atoms with Gasteiger partial charge in [0.1, 0.15) is 36.9 Å². The SMILES string of the molecule is CC(=CC(=O)O)C=C(C)CC(C)CCCCC(O)C(CO)C(=O)OCC1OC(O)C(O)C(O)C1O. The Labute approximate surface area is 205 Å². The minimum absolute atomic E-state index is 0.258. The van der Waals surface area contributed by atoms with Gasteiger partial charge in [-0.25, -0.2) is 4.79 Å². The summed E-state index contributed by atoms with van der Waals surface area (Å²) in [7, 11) is 0. The number of carboxylic acid groups (broad SMARTS) is 1. The lowest BCUT2D eigenvalue weighted by Gasteiger charge is -2.38. The Kier molecular flexibility index (Phi) is 13.6. The van der Waals surface area contributed by atoms with E-state index in [2.05, 4.69) is 6.92 Å². The smallest absolute Gasteiger partial charge is 0.328 e. The van der Waals surface area contributed by atoms with Gasteiger partial charge in [0.05, 0.1) is 12.7 Å². The van der Waals surface area contributed by atoms with Crippen LogP contribution in [0.3, 0.4) is 0 Å². The first-order valence-corrected chi connectivity index (χ1v) is 11.8. The molecule has 0 radical (unpaired) electrons. The van der Waals surface area contributed by atoms with E-state index in [1.165, 1.54) is 0 Å². The third-order valence-electron chi connectivity index (χ3n) is 5.98. The standard InChI is InChI=1S/C24H40O11/c1-13(8-14(2)9-15(3)10-19(27)28)6-4-5-7-17(26)16(11-25)23(32)34-12-18-20(29)21(30)22(31)24(33)35-18/h9-10,13,16-18,20-22,24-26,29-31,33H,4-8,11-12H2,1-3H3,(H,27,28). The third-order valence-corrected chi connectivity index (χ3v) is 5.98. The Balaban J connectivity index is 2.42. The molecule has 0 bridgehead atoms. The number of rotatable bonds is 14. The summed E-state index contributed by atoms with van der Waals surface area (Å²) in [6, 6.07) is 0. The Bertz CT molecular complexity index is 735. The molecule has 7 N–H and O–H groups in total. The molecule has 0 aromatic rings. The Morgan fingerprint density at radius 3 is 2.23 bits per heavy atom. The molecule has 0 amide bonds. The second-order valence-corrected chi connectivity index (χ2v) is 9.33. The number of carbonyl (C=O) groups is 2. The zero-order valence-corrected chi connectivity index (χ0v) is 20.5. The summed E-state index contributed by atoms with van der Waals surface area (Å²) in [6.45, 7) is 4.55. The van der Waals surface area contributed by atoms with E-state index in [9.17, 15) is 40.2 Å². The first-order valence-electron chi connectivity index (χ1n) is 11.8. The molecule has 1 aliphatic rings. The summed E-state index contributed by atoms with van der Waals surface area (Å²) in [5.74, 6) is -2.76. The predicted octanol–water partition coefficient (Wildman–Crippen LogP) is -0.137. The van der Waals surface area contributed by atoms with E-state index in [4.69, 9.17) is 14.6 Å². The highest BCUT2D eigenvalue weighted by Crippen LogP contribution is 2.22. The molecule has 1 rings (SSSR count). The average molecular weight is 505 g/mol. The second-order valence-electron chi connectivity index (χ2n) is 9.33. The van der Waals surface area contributed by atoms with Crippen molar-refractivity contribution in [3.8, 4) is 0 Å². The van der Waals surface area contributed by atoms with Crippen molar-refractivity contribution in [3.05, 3.63) is 23.3 Å². The van der Waals surface area contributed by atoms with Crippen LogP contribution in [0.1, 0.15) is 52.9 Å². The normalized spacial score (nSPS) is 28.3. The van der Waals surface area contributed by atoms with Gasteiger partial charge >= 0.3 is 11.9 Å². The van der Waals surface area contributed by atoms with Gasteiger partial charge in [-0.15, -0.1) is 0 Å². The molecule has 0 aromatic heterocycles. The first kappa shape index (κ1) is 31.2. The molecule has 1 aliphatic heterocycles. The van der Waals surface area contributed by atoms with E-state index in [1.54, 1.807) is 6.92 Å². The minimum Gasteiger partial charge on any atom is -0.478 e. The topological polar surface area (TPSA) is 194 Å². The van der Waals surface area contributed by atoms with Gasteiger partial charge < -0.3 is 45.2 Å². The van der Waals surface area contributed by atoms with Crippen molar-refractivity contribution in [2.24, 2.45) is 11.8 Å². The molecule has 11 nitrogen and oxygen atoms in total. The molecule has 1 heterocycles. The highest BCUT2D eigenvalue weighted by atomic mass is 16.6. The summed E-state index contributed by atoms with van der Waals surface area (Å²) < 4.78 is 9.94. The van der Waals surface area contributed by atoms with E-state index in [0.717, 1.165) is 30.9 Å². The van der Waals surface area contributed by atoms with Crippen LogP contribution >= 0.6 is 0 Å². The van der Waals surface area contributed by atoms with E-state index in [-0.39, 0.29) is 6.42 Å². The summed E-state index contributed by atoms with van der Waals surface area (Å²) in [6.07, 6.45) is -2.89. The summed E-state index contributed by atoms with van der Waals surface area (Å²) in [5, 5.41) is 67.3. The van der Waals surface area contributed by atoms with Gasteiger partial charge in [-0.05, 0) is 38.2 Å². The molecule has 1 saturated heterocycles. The first-order chi connectivity index (χ1) is 16.4. The van der Waals surface area contributed by atoms with Crippen LogP contribution in [0.2, 0.25) is 0 Å². The molecule has 0 aromatic carbocycles. The molecular weight excluding hydrogens is 464 g/mol. The number of aliphatic hydroxyl groups excluding tert-OH is 6. The largest absolute Gasteiger partial charge is 0.478 e. The summed E-state index contributed by atoms with van der Waals surface area (Å²) in [5.41, 5.74) is 1.74. The maximum absolute atomic E-state index is 12.3. The van der Waals surface area contributed by atoms with E-state index >= 15 is 0 Å². The van der Waals surface area contributed by atoms with Crippen LogP contribution in [-0.2, 0) is 19.1 Å². The molecular formula is C24H40O11. The van der Waals surface area contributed by atoms with Crippen LogP contribution in [0.15, 0.2) is 23.3 Å². The molecule has 35 heavy (non-hydrogen) atoms. The molecule has 0 spiro atoms. The van der Waals surface area contributed by atoms with Crippen LogP contribution in [0, 0.1) is 11.8 Å². The van der Waals surface area contributed by atoms with Crippen molar-refractivity contribution in [1.29, 1.82) is 0 Å². The van der Waals surface area contributed by atoms with Crippen LogP contribution in [-0.4, -0.2) is 97.7 Å². The molecule has 0 saturated carbocycles. The van der Waals surface area contributed by atoms with E-state index in [0.29, 0.717) is 17.9 Å². The van der Waals surface area contributed by atoms with Crippen LogP contribution < -0.4 is 0 Å². The molecule has 8 unspecified atom stereocenters. The van der Waals surface area contributed by atoms with Gasteiger partial charge in [0.15, 0.2) is 6.29 Å². The van der Waals surface area contributed by atoms with Gasteiger partial charge in [-0.3, -0.25) is 4.79 Å². The zero-order valence-electron chi connectivity index (χ0n) is 20.5. The van der Waals surface area contributed by atoms with Gasteiger partial charge in [0, 0.05) is 6.08 Å². The fourth-order valence-electron chi connectivity index (χ4n) is 4.08. The van der Waals surface area contributed by atoms with Gasteiger partial charge in [-0.2, -0.15) is 0 Å². The number of aliphatic hydroxyl groups is 6. The van der Waals surface area contributed by atoms with Gasteiger partial charge in [0.2, 0.25) is 0 Å². The van der Waals surface area contributed by atoms with Crippen molar-refractivity contribution in [2.45, 2.75) is 89.7 Å². The number of esters is 1. The molecule has 8 atom stereocenters. The zero-order chi connectivity index (χ0) is 26.7. The quantitative estimate of drug-likeness (QED) is 0.0720. The number of allylic oxidation sites excluding steroid dienone is 3. The number of ether oxygens (including phenoxy) is 2. The fraction of sp³-hybridized carbons (Fsp3) is 0.750. The number of hydrogen-bond acceptors (Lipinski definition) is 10. The van der Waals surface area contributed by atoms with E-state index in [1.807, 2.05) is 13.0 Å². The monoisotopic (exact) mass is 504 g/mol. The van der Waals surface area contributed by atoms with Crippen molar-refractivity contribution in [3.63, 3.8) is 0 Å². The van der Waals surface area contributed by atoms with Crippen molar-refractivity contribution in [2.75, 3.05) is 13.2 Å². The molecule has 0 aliphatic carbocycles. The van der Waals surface area contributed by atoms with Gasteiger partial charge in [0.25, 0.3) is 0 Å². The third kappa shape index (κ3) is 10.7. The maximum atomic E-state index is 12.3. The van der Waals surface area contributed by atoms with E-state index < -0.39 is 67.9 Å². The highest BCUT2D eigenvalue weighted by Gasteiger charge is 2.43. The van der Waals surface area contributed by atoms with Crippen molar-refractivity contribution in [1.82, 2.24) is 0 Å². The van der Waals surface area contributed by atoms with Crippen molar-refractivity contribution >= 4 is 11.9 Å². The second kappa shape index (κ2) is 15.3. The Hall–Kier alpha value is -1.86. The molecule has 202 valence electrons. The predicted molar refractivity (Wildman–Crippen MR) is 124 cm³/mol. The Morgan fingerprint density at radius 2 is 1.63 bits per heavy atom. The average Bonchev–Trinajstić information content (AvgIpc) is 2.76. The lowest BCUT2D eigenvalue weighted by Crippen LogP contribution is -2.58. The number of carbonyl (C=O) groups excluding carboxylic acids is 1. The number of carboxylic acids is 1. The summed E-state index contributed by atoms with van der Waals surface area (Å²) >= 11 is 0. The maximum Gasteiger partial charge on any atom is 0.328 e. The fourth-order valence-corrected chi connectivity index (χ4v) is 4.08. The number of aliphatic carboxylic acids is 1. The summed E-state index contributed by atoms with van der Waals surface area (Å²) in [4.78, 5) is 23.0. The van der Waals surface area contributed by atoms with Crippen LogP contribution in [0.4, 0.5) is 0 Å². The highest BCUT2D eigenvalue weighted by molar-refractivity contribution is 5.81.